The molecular formula is C20H17ClN2O5S. The van der Waals surface area contributed by atoms with Crippen LogP contribution in [0.1, 0.15) is 16.1 Å². The largest absolute Gasteiger partial charge is 0.467 e. The summed E-state index contributed by atoms with van der Waals surface area (Å²) in [4.78, 5) is 24.8. The van der Waals surface area contributed by atoms with E-state index in [1.165, 1.54) is 42.7 Å². The van der Waals surface area contributed by atoms with Gasteiger partial charge in [-0.15, -0.1) is 0 Å². The Morgan fingerprint density at radius 3 is 2.38 bits per heavy atom. The molecule has 0 saturated heterocycles. The lowest BCUT2D eigenvalue weighted by atomic mass is 10.1. The van der Waals surface area contributed by atoms with Gasteiger partial charge in [-0.1, -0.05) is 23.7 Å². The number of sulfone groups is 1. The summed E-state index contributed by atoms with van der Waals surface area (Å²) in [6.07, 6.45) is 1.50. The number of hydrogen-bond donors (Lipinski definition) is 2. The summed E-state index contributed by atoms with van der Waals surface area (Å²) in [5.74, 6) is -1.38. The molecular weight excluding hydrogens is 416 g/mol. The van der Waals surface area contributed by atoms with Crippen LogP contribution in [0.15, 0.2) is 76.2 Å². The molecule has 0 spiro atoms. The fraction of sp³-hybridized carbons (Fsp3) is 0.100. The first kappa shape index (κ1) is 20.6. The molecule has 3 aromatic rings. The van der Waals surface area contributed by atoms with Gasteiger partial charge in [-0.3, -0.25) is 9.59 Å². The van der Waals surface area contributed by atoms with Crippen LogP contribution >= 0.6 is 11.6 Å². The highest BCUT2D eigenvalue weighted by atomic mass is 35.5. The van der Waals surface area contributed by atoms with Crippen molar-refractivity contribution in [2.75, 3.05) is 11.1 Å². The zero-order valence-corrected chi connectivity index (χ0v) is 16.7. The van der Waals surface area contributed by atoms with Crippen molar-refractivity contribution in [2.45, 2.75) is 11.4 Å². The van der Waals surface area contributed by atoms with Gasteiger partial charge in [-0.25, -0.2) is 8.42 Å². The Morgan fingerprint density at radius 2 is 1.69 bits per heavy atom. The van der Waals surface area contributed by atoms with E-state index < -0.39 is 27.4 Å². The van der Waals surface area contributed by atoms with E-state index in [1.54, 1.807) is 24.3 Å². The number of para-hydroxylation sites is 1. The first-order chi connectivity index (χ1) is 13.8. The maximum absolute atomic E-state index is 12.4. The van der Waals surface area contributed by atoms with E-state index in [4.69, 9.17) is 16.0 Å². The van der Waals surface area contributed by atoms with Crippen molar-refractivity contribution in [1.82, 2.24) is 5.32 Å². The van der Waals surface area contributed by atoms with Crippen LogP contribution < -0.4 is 10.6 Å². The number of carbonyl (C=O) groups excluding carboxylic acids is 2. The lowest BCUT2D eigenvalue weighted by Crippen LogP contribution is -2.27. The van der Waals surface area contributed by atoms with Crippen LogP contribution in [0.25, 0.3) is 0 Å². The minimum atomic E-state index is -3.85. The molecule has 0 unspecified atom stereocenters. The Hall–Kier alpha value is -3.10. The Balaban J connectivity index is 1.69. The van der Waals surface area contributed by atoms with E-state index in [1.807, 2.05) is 0 Å². The number of hydrogen-bond acceptors (Lipinski definition) is 5. The Labute approximate surface area is 172 Å². The third-order valence-corrected chi connectivity index (χ3v) is 5.83. The molecule has 1 heterocycles. The summed E-state index contributed by atoms with van der Waals surface area (Å²) in [6, 6.07) is 15.3. The minimum absolute atomic E-state index is 0.0125. The number of nitrogens with one attached hydrogen (secondary N) is 2. The fourth-order valence-corrected chi connectivity index (χ4v) is 3.81. The van der Waals surface area contributed by atoms with E-state index in [0.717, 1.165) is 0 Å². The summed E-state index contributed by atoms with van der Waals surface area (Å²) in [5.41, 5.74) is 0.414. The minimum Gasteiger partial charge on any atom is -0.467 e. The van der Waals surface area contributed by atoms with Crippen molar-refractivity contribution in [3.63, 3.8) is 0 Å². The zero-order valence-electron chi connectivity index (χ0n) is 15.1. The van der Waals surface area contributed by atoms with Crippen LogP contribution in [0, 0.1) is 0 Å². The maximum atomic E-state index is 12.4. The van der Waals surface area contributed by atoms with Crippen LogP contribution in [0.4, 0.5) is 5.69 Å². The number of carbonyl (C=O) groups is 2. The van der Waals surface area contributed by atoms with Gasteiger partial charge < -0.3 is 15.1 Å². The van der Waals surface area contributed by atoms with Crippen molar-refractivity contribution < 1.29 is 22.4 Å². The monoisotopic (exact) mass is 432 g/mol. The van der Waals surface area contributed by atoms with Crippen LogP contribution in [-0.2, 0) is 21.2 Å². The van der Waals surface area contributed by atoms with Gasteiger partial charge in [0.1, 0.15) is 11.5 Å². The third kappa shape index (κ3) is 5.46. The summed E-state index contributed by atoms with van der Waals surface area (Å²) in [5, 5.41) is 5.56. The predicted octanol–water partition coefficient (Wildman–Crippen LogP) is 3.28. The van der Waals surface area contributed by atoms with E-state index >= 15 is 0 Å². The highest BCUT2D eigenvalue weighted by Gasteiger charge is 2.21. The molecule has 9 heteroatoms. The van der Waals surface area contributed by atoms with Gasteiger partial charge >= 0.3 is 0 Å². The van der Waals surface area contributed by atoms with Crippen molar-refractivity contribution in [2.24, 2.45) is 0 Å². The lowest BCUT2D eigenvalue weighted by molar-refractivity contribution is -0.113. The van der Waals surface area contributed by atoms with Crippen molar-refractivity contribution in [3.8, 4) is 0 Å². The van der Waals surface area contributed by atoms with Gasteiger partial charge in [0.05, 0.1) is 29.0 Å². The van der Waals surface area contributed by atoms with Crippen LogP contribution in [0.2, 0.25) is 5.02 Å². The Bertz CT molecular complexity index is 1110. The van der Waals surface area contributed by atoms with Gasteiger partial charge in [0, 0.05) is 5.02 Å². The van der Waals surface area contributed by atoms with Crippen molar-refractivity contribution >= 4 is 38.9 Å². The standard InChI is InChI=1S/C20H17ClN2O5S/c21-14-7-9-16(10-8-14)29(26,27)13-19(24)23-18-6-2-1-5-17(18)20(25)22-12-15-4-3-11-28-15/h1-11H,12-13H2,(H,22,25)(H,23,24). The van der Waals surface area contributed by atoms with Crippen molar-refractivity contribution in [3.05, 3.63) is 83.3 Å². The first-order valence-corrected chi connectivity index (χ1v) is 10.6. The van der Waals surface area contributed by atoms with Crippen LogP contribution in [-0.4, -0.2) is 26.0 Å². The molecule has 0 fully saturated rings. The molecule has 0 aliphatic carbocycles. The number of amides is 2. The number of benzene rings is 2. The molecule has 3 rings (SSSR count). The molecule has 0 radical (unpaired) electrons. The van der Waals surface area contributed by atoms with E-state index in [9.17, 15) is 18.0 Å². The highest BCUT2D eigenvalue weighted by molar-refractivity contribution is 7.92. The van der Waals surface area contributed by atoms with Gasteiger partial charge in [-0.05, 0) is 48.5 Å². The normalized spacial score (nSPS) is 11.1. The fourth-order valence-electron chi connectivity index (χ4n) is 2.55. The molecule has 2 aromatic carbocycles. The lowest BCUT2D eigenvalue weighted by Gasteiger charge is -2.11. The molecule has 150 valence electrons. The first-order valence-electron chi connectivity index (χ1n) is 8.53. The van der Waals surface area contributed by atoms with E-state index in [0.29, 0.717) is 10.8 Å². The molecule has 29 heavy (non-hydrogen) atoms. The molecule has 2 N–H and O–H groups in total. The Kier molecular flexibility index (Phi) is 6.36. The number of furan rings is 1. The number of halogens is 1. The molecule has 0 atom stereocenters. The van der Waals surface area contributed by atoms with Crippen LogP contribution in [0.5, 0.6) is 0 Å². The number of rotatable bonds is 7. The molecule has 7 nitrogen and oxygen atoms in total. The second-order valence-electron chi connectivity index (χ2n) is 6.07. The third-order valence-electron chi connectivity index (χ3n) is 3.94. The quantitative estimate of drug-likeness (QED) is 0.596. The van der Waals surface area contributed by atoms with E-state index in [-0.39, 0.29) is 22.7 Å². The highest BCUT2D eigenvalue weighted by Crippen LogP contribution is 2.18. The van der Waals surface area contributed by atoms with Gasteiger partial charge in [-0.2, -0.15) is 0 Å². The summed E-state index contributed by atoms with van der Waals surface area (Å²) in [6.45, 7) is 0.180. The second-order valence-corrected chi connectivity index (χ2v) is 8.49. The summed E-state index contributed by atoms with van der Waals surface area (Å²) >= 11 is 5.76. The molecule has 1 aromatic heterocycles. The van der Waals surface area contributed by atoms with Gasteiger partial charge in [0.25, 0.3) is 5.91 Å². The predicted molar refractivity (Wildman–Crippen MR) is 108 cm³/mol. The smallest absolute Gasteiger partial charge is 0.253 e. The topological polar surface area (TPSA) is 105 Å². The van der Waals surface area contributed by atoms with Gasteiger partial charge in [0.2, 0.25) is 5.91 Å². The number of anilines is 1. The SMILES string of the molecule is O=C(CS(=O)(=O)c1ccc(Cl)cc1)Nc1ccccc1C(=O)NCc1ccco1. The summed E-state index contributed by atoms with van der Waals surface area (Å²) < 4.78 is 30.0. The maximum Gasteiger partial charge on any atom is 0.253 e. The zero-order chi connectivity index (χ0) is 20.9. The second kappa shape index (κ2) is 8.93. The molecule has 0 aliphatic heterocycles. The molecule has 0 bridgehead atoms. The molecule has 2 amide bonds. The van der Waals surface area contributed by atoms with Gasteiger partial charge in [0.15, 0.2) is 9.84 Å². The summed E-state index contributed by atoms with van der Waals surface area (Å²) in [7, 11) is -3.85. The Morgan fingerprint density at radius 1 is 0.966 bits per heavy atom. The van der Waals surface area contributed by atoms with E-state index in [2.05, 4.69) is 10.6 Å². The average Bonchev–Trinajstić information content (AvgIpc) is 3.20. The molecule has 0 saturated carbocycles. The van der Waals surface area contributed by atoms with Crippen molar-refractivity contribution in [1.29, 1.82) is 0 Å². The average molecular weight is 433 g/mol. The van der Waals surface area contributed by atoms with Crippen LogP contribution in [0.3, 0.4) is 0 Å². The molecule has 0 aliphatic rings.